The third kappa shape index (κ3) is 1.92. The molecular weight excluding hydrogens is 316 g/mol. The molecule has 2 atom stereocenters. The van der Waals surface area contributed by atoms with Crippen molar-refractivity contribution in [1.82, 2.24) is 4.90 Å². The normalized spacial score (nSPS) is 29.9. The lowest BCUT2D eigenvalue weighted by Crippen LogP contribution is -2.46. The average molecular weight is 337 g/mol. The number of fused-ring (bicyclic) bond motifs is 2. The number of halogens is 1. The molecule has 20 heavy (non-hydrogen) atoms. The van der Waals surface area contributed by atoms with Gasteiger partial charge in [-0.25, -0.2) is 0 Å². The molecule has 0 radical (unpaired) electrons. The topological polar surface area (TPSA) is 32.3 Å². The second-order valence-corrected chi connectivity index (χ2v) is 7.99. The molecule has 3 nitrogen and oxygen atoms in total. The standard InChI is InChI=1S/C16H21BrN2O/c1-10-8-16(9-19(10)15(2,3)4)12-7-11(17)5-6-13(12)18-14(16)20/h5-7,10H,8-9H2,1-4H3,(H,18,20)/t10-,16-/m0/s1. The summed E-state index contributed by atoms with van der Waals surface area (Å²) in [5, 5.41) is 3.06. The molecule has 108 valence electrons. The summed E-state index contributed by atoms with van der Waals surface area (Å²) < 4.78 is 1.04. The zero-order chi connectivity index (χ0) is 14.7. The Bertz CT molecular complexity index is 578. The van der Waals surface area contributed by atoms with Crippen molar-refractivity contribution in [2.75, 3.05) is 11.9 Å². The number of anilines is 1. The van der Waals surface area contributed by atoms with Crippen LogP contribution in [0, 0.1) is 0 Å². The first-order valence-corrected chi connectivity index (χ1v) is 7.91. The Balaban J connectivity index is 2.07. The number of amides is 1. The summed E-state index contributed by atoms with van der Waals surface area (Å²) in [5.41, 5.74) is 1.82. The van der Waals surface area contributed by atoms with E-state index in [2.05, 4.69) is 59.9 Å². The van der Waals surface area contributed by atoms with Crippen molar-refractivity contribution in [3.63, 3.8) is 0 Å². The first-order chi connectivity index (χ1) is 9.24. The first kappa shape index (κ1) is 14.1. The van der Waals surface area contributed by atoms with Crippen molar-refractivity contribution in [1.29, 1.82) is 0 Å². The minimum atomic E-state index is -0.383. The van der Waals surface area contributed by atoms with Gasteiger partial charge in [-0.1, -0.05) is 15.9 Å². The number of likely N-dealkylation sites (tertiary alicyclic amines) is 1. The third-order valence-electron chi connectivity index (χ3n) is 4.66. The quantitative estimate of drug-likeness (QED) is 0.785. The zero-order valence-electron chi connectivity index (χ0n) is 12.5. The number of hydrogen-bond acceptors (Lipinski definition) is 2. The number of nitrogens with zero attached hydrogens (tertiary/aromatic N) is 1. The summed E-state index contributed by atoms with van der Waals surface area (Å²) in [7, 11) is 0. The molecule has 1 aromatic rings. The van der Waals surface area contributed by atoms with Crippen LogP contribution in [0.3, 0.4) is 0 Å². The summed E-state index contributed by atoms with van der Waals surface area (Å²) in [5.74, 6) is 0.157. The molecule has 2 aliphatic heterocycles. The third-order valence-corrected chi connectivity index (χ3v) is 5.15. The largest absolute Gasteiger partial charge is 0.325 e. The summed E-state index contributed by atoms with van der Waals surface area (Å²) >= 11 is 3.53. The predicted molar refractivity (Wildman–Crippen MR) is 85.0 cm³/mol. The van der Waals surface area contributed by atoms with Crippen LogP contribution in [0.2, 0.25) is 0 Å². The van der Waals surface area contributed by atoms with E-state index in [0.717, 1.165) is 28.7 Å². The second-order valence-electron chi connectivity index (χ2n) is 7.08. The molecule has 1 fully saturated rings. The molecule has 1 saturated heterocycles. The van der Waals surface area contributed by atoms with E-state index in [0.29, 0.717) is 6.04 Å². The molecular formula is C16H21BrN2O. The van der Waals surface area contributed by atoms with Crippen LogP contribution in [0.4, 0.5) is 5.69 Å². The van der Waals surface area contributed by atoms with Crippen molar-refractivity contribution in [2.45, 2.75) is 51.1 Å². The van der Waals surface area contributed by atoms with Crippen molar-refractivity contribution in [3.8, 4) is 0 Å². The van der Waals surface area contributed by atoms with E-state index in [4.69, 9.17) is 0 Å². The molecule has 0 aliphatic carbocycles. The summed E-state index contributed by atoms with van der Waals surface area (Å²) in [6.45, 7) is 9.68. The highest BCUT2D eigenvalue weighted by molar-refractivity contribution is 9.10. The van der Waals surface area contributed by atoms with Crippen LogP contribution in [-0.4, -0.2) is 28.9 Å². The van der Waals surface area contributed by atoms with Gasteiger partial charge in [0.1, 0.15) is 0 Å². The Kier molecular flexibility index (Phi) is 3.04. The minimum Gasteiger partial charge on any atom is -0.325 e. The van der Waals surface area contributed by atoms with Crippen molar-refractivity contribution in [2.24, 2.45) is 0 Å². The molecule has 0 saturated carbocycles. The maximum Gasteiger partial charge on any atom is 0.236 e. The van der Waals surface area contributed by atoms with Crippen LogP contribution in [0.5, 0.6) is 0 Å². The molecule has 0 unspecified atom stereocenters. The van der Waals surface area contributed by atoms with Gasteiger partial charge in [0, 0.05) is 28.3 Å². The lowest BCUT2D eigenvalue weighted by atomic mass is 9.80. The van der Waals surface area contributed by atoms with Gasteiger partial charge in [-0.3, -0.25) is 9.69 Å². The number of nitrogens with one attached hydrogen (secondary N) is 1. The van der Waals surface area contributed by atoms with E-state index in [1.54, 1.807) is 0 Å². The van der Waals surface area contributed by atoms with Crippen LogP contribution >= 0.6 is 15.9 Å². The SMILES string of the molecule is C[C@H]1C[C@@]2(CN1C(C)(C)C)C(=O)Nc1ccc(Br)cc12. The fourth-order valence-corrected chi connectivity index (χ4v) is 4.13. The molecule has 2 heterocycles. The maximum atomic E-state index is 12.6. The van der Waals surface area contributed by atoms with Gasteiger partial charge in [-0.15, -0.1) is 0 Å². The van der Waals surface area contributed by atoms with Crippen LogP contribution in [0.25, 0.3) is 0 Å². The maximum absolute atomic E-state index is 12.6. The Morgan fingerprint density at radius 3 is 2.70 bits per heavy atom. The Hall–Kier alpha value is -0.870. The van der Waals surface area contributed by atoms with Crippen molar-refractivity contribution in [3.05, 3.63) is 28.2 Å². The van der Waals surface area contributed by atoms with Crippen LogP contribution in [0.15, 0.2) is 22.7 Å². The van der Waals surface area contributed by atoms with Gasteiger partial charge < -0.3 is 5.32 Å². The fraction of sp³-hybridized carbons (Fsp3) is 0.562. The van der Waals surface area contributed by atoms with Gasteiger partial charge in [0.15, 0.2) is 0 Å². The number of hydrogen-bond donors (Lipinski definition) is 1. The van der Waals surface area contributed by atoms with E-state index in [1.165, 1.54) is 0 Å². The highest BCUT2D eigenvalue weighted by Crippen LogP contribution is 2.48. The van der Waals surface area contributed by atoms with Gasteiger partial charge in [-0.05, 0) is 57.9 Å². The highest BCUT2D eigenvalue weighted by atomic mass is 79.9. The van der Waals surface area contributed by atoms with E-state index in [9.17, 15) is 4.79 Å². The molecule has 0 bridgehead atoms. The van der Waals surface area contributed by atoms with Crippen molar-refractivity contribution >= 4 is 27.5 Å². The zero-order valence-corrected chi connectivity index (χ0v) is 14.0. The lowest BCUT2D eigenvalue weighted by Gasteiger charge is -2.36. The number of benzene rings is 1. The van der Waals surface area contributed by atoms with Gasteiger partial charge in [0.25, 0.3) is 0 Å². The van der Waals surface area contributed by atoms with Crippen LogP contribution < -0.4 is 5.32 Å². The first-order valence-electron chi connectivity index (χ1n) is 7.12. The van der Waals surface area contributed by atoms with E-state index in [-0.39, 0.29) is 16.9 Å². The molecule has 1 amide bonds. The minimum absolute atomic E-state index is 0.0813. The number of rotatable bonds is 0. The molecule has 3 rings (SSSR count). The second kappa shape index (κ2) is 4.31. The Morgan fingerprint density at radius 2 is 2.10 bits per heavy atom. The lowest BCUT2D eigenvalue weighted by molar-refractivity contribution is -0.120. The van der Waals surface area contributed by atoms with Gasteiger partial charge in [0.05, 0.1) is 5.41 Å². The van der Waals surface area contributed by atoms with Gasteiger partial charge in [-0.2, -0.15) is 0 Å². The molecule has 1 aromatic carbocycles. The molecule has 0 aromatic heterocycles. The molecule has 2 aliphatic rings. The fourth-order valence-electron chi connectivity index (χ4n) is 3.77. The highest BCUT2D eigenvalue weighted by Gasteiger charge is 2.55. The molecule has 1 N–H and O–H groups in total. The number of carbonyl (C=O) groups is 1. The summed E-state index contributed by atoms with van der Waals surface area (Å²) in [4.78, 5) is 15.1. The summed E-state index contributed by atoms with van der Waals surface area (Å²) in [6, 6.07) is 6.49. The Labute approximate surface area is 128 Å². The van der Waals surface area contributed by atoms with E-state index >= 15 is 0 Å². The van der Waals surface area contributed by atoms with E-state index < -0.39 is 0 Å². The van der Waals surface area contributed by atoms with Gasteiger partial charge in [0.2, 0.25) is 5.91 Å². The van der Waals surface area contributed by atoms with E-state index in [1.807, 2.05) is 12.1 Å². The smallest absolute Gasteiger partial charge is 0.236 e. The van der Waals surface area contributed by atoms with Crippen LogP contribution in [-0.2, 0) is 10.2 Å². The summed E-state index contributed by atoms with van der Waals surface area (Å²) in [6.07, 6.45) is 0.888. The Morgan fingerprint density at radius 1 is 1.40 bits per heavy atom. The monoisotopic (exact) mass is 336 g/mol. The number of carbonyl (C=O) groups excluding carboxylic acids is 1. The molecule has 4 heteroatoms. The van der Waals surface area contributed by atoms with Crippen LogP contribution in [0.1, 0.15) is 39.7 Å². The average Bonchev–Trinajstić information content (AvgIpc) is 2.81. The van der Waals surface area contributed by atoms with Gasteiger partial charge >= 0.3 is 0 Å². The predicted octanol–water partition coefficient (Wildman–Crippen LogP) is 3.53. The molecule has 1 spiro atoms. The van der Waals surface area contributed by atoms with Crippen molar-refractivity contribution < 1.29 is 4.79 Å².